The zero-order chi connectivity index (χ0) is 23.0. The van der Waals surface area contributed by atoms with Gasteiger partial charge in [0.2, 0.25) is 5.91 Å². The van der Waals surface area contributed by atoms with Crippen molar-refractivity contribution in [3.63, 3.8) is 0 Å². The summed E-state index contributed by atoms with van der Waals surface area (Å²) in [5.41, 5.74) is 4.05. The number of amides is 1. The van der Waals surface area contributed by atoms with Crippen molar-refractivity contribution in [1.82, 2.24) is 14.3 Å². The average Bonchev–Trinajstić information content (AvgIpc) is 3.36. The quantitative estimate of drug-likeness (QED) is 0.623. The number of pyridine rings is 2. The van der Waals surface area contributed by atoms with E-state index in [1.807, 2.05) is 41.3 Å². The van der Waals surface area contributed by atoms with Crippen molar-refractivity contribution in [2.24, 2.45) is 0 Å². The maximum Gasteiger partial charge on any atom is 0.303 e. The van der Waals surface area contributed by atoms with Crippen LogP contribution in [0.3, 0.4) is 0 Å². The summed E-state index contributed by atoms with van der Waals surface area (Å²) in [5, 5.41) is 3.18. The summed E-state index contributed by atoms with van der Waals surface area (Å²) in [5.74, 6) is 0.797. The Morgan fingerprint density at radius 1 is 0.909 bits per heavy atom. The number of rotatable bonds is 5. The number of carbonyl (C=O) groups is 1. The Bertz CT molecular complexity index is 1280. The summed E-state index contributed by atoms with van der Waals surface area (Å²) >= 11 is 0. The number of nitrogens with zero attached hydrogens (tertiary/aromatic N) is 5. The molecule has 0 bridgehead atoms. The normalized spacial score (nSPS) is 18.2. The molecule has 5 rings (SSSR count). The van der Waals surface area contributed by atoms with Gasteiger partial charge in [-0.05, 0) is 42.3 Å². The van der Waals surface area contributed by atoms with Gasteiger partial charge in [0, 0.05) is 50.6 Å². The van der Waals surface area contributed by atoms with Gasteiger partial charge in [-0.1, -0.05) is 12.1 Å². The first-order valence-corrected chi connectivity index (χ1v) is 12.1. The minimum absolute atomic E-state index is 0.174. The molecule has 2 saturated heterocycles. The SMILES string of the molecule is CN1CCN(c2cncc(Nc3ccc(-c4ccc(N5CCCC5=O)cc4)cn3)c2)S1(=O)=O. The van der Waals surface area contributed by atoms with Crippen molar-refractivity contribution in [2.75, 3.05) is 41.2 Å². The molecule has 9 nitrogen and oxygen atoms in total. The molecule has 4 heterocycles. The third kappa shape index (κ3) is 4.14. The second kappa shape index (κ2) is 8.45. The molecule has 33 heavy (non-hydrogen) atoms. The van der Waals surface area contributed by atoms with E-state index in [1.165, 1.54) is 14.8 Å². The summed E-state index contributed by atoms with van der Waals surface area (Å²) in [6.07, 6.45) is 6.46. The third-order valence-corrected chi connectivity index (χ3v) is 7.84. The van der Waals surface area contributed by atoms with Gasteiger partial charge >= 0.3 is 10.2 Å². The number of carbonyl (C=O) groups excluding carboxylic acids is 1. The fraction of sp³-hybridized carbons (Fsp3) is 0.261. The van der Waals surface area contributed by atoms with E-state index in [0.29, 0.717) is 36.7 Å². The van der Waals surface area contributed by atoms with Crippen LogP contribution in [0, 0.1) is 0 Å². The Balaban J connectivity index is 1.29. The zero-order valence-corrected chi connectivity index (χ0v) is 19.0. The molecule has 0 saturated carbocycles. The van der Waals surface area contributed by atoms with Gasteiger partial charge in [-0.2, -0.15) is 12.7 Å². The molecule has 1 N–H and O–H groups in total. The lowest BCUT2D eigenvalue weighted by Crippen LogP contribution is -2.30. The number of nitrogens with one attached hydrogen (secondary N) is 1. The van der Waals surface area contributed by atoms with Crippen LogP contribution in [0.1, 0.15) is 12.8 Å². The summed E-state index contributed by atoms with van der Waals surface area (Å²) in [7, 11) is -1.93. The summed E-state index contributed by atoms with van der Waals surface area (Å²) in [4.78, 5) is 22.4. The summed E-state index contributed by atoms with van der Waals surface area (Å²) < 4.78 is 27.5. The molecule has 3 aromatic rings. The van der Waals surface area contributed by atoms with E-state index in [0.717, 1.165) is 29.8 Å². The summed E-state index contributed by atoms with van der Waals surface area (Å²) in [6, 6.07) is 13.5. The molecule has 0 spiro atoms. The van der Waals surface area contributed by atoms with Crippen LogP contribution in [0.15, 0.2) is 61.1 Å². The first-order valence-electron chi connectivity index (χ1n) is 10.7. The van der Waals surface area contributed by atoms with E-state index in [1.54, 1.807) is 25.5 Å². The van der Waals surface area contributed by atoms with E-state index < -0.39 is 10.2 Å². The minimum Gasteiger partial charge on any atom is -0.339 e. The van der Waals surface area contributed by atoms with Crippen molar-refractivity contribution in [1.29, 1.82) is 0 Å². The van der Waals surface area contributed by atoms with E-state index >= 15 is 0 Å². The highest BCUT2D eigenvalue weighted by molar-refractivity contribution is 7.90. The van der Waals surface area contributed by atoms with E-state index in [9.17, 15) is 13.2 Å². The third-order valence-electron chi connectivity index (χ3n) is 5.92. The molecule has 10 heteroatoms. The van der Waals surface area contributed by atoms with E-state index in [2.05, 4.69) is 15.3 Å². The molecule has 2 aliphatic heterocycles. The van der Waals surface area contributed by atoms with Crippen LogP contribution in [-0.4, -0.2) is 55.3 Å². The molecule has 0 aliphatic carbocycles. The van der Waals surface area contributed by atoms with Crippen LogP contribution in [0.25, 0.3) is 11.1 Å². The monoisotopic (exact) mass is 464 g/mol. The highest BCUT2D eigenvalue weighted by Gasteiger charge is 2.34. The Labute approximate surface area is 192 Å². The van der Waals surface area contributed by atoms with Crippen molar-refractivity contribution in [3.05, 3.63) is 61.1 Å². The van der Waals surface area contributed by atoms with Gasteiger partial charge in [-0.15, -0.1) is 0 Å². The number of likely N-dealkylation sites (N-methyl/N-ethyl adjacent to an activating group) is 1. The number of aromatic nitrogens is 2. The maximum absolute atomic E-state index is 12.4. The molecule has 0 unspecified atom stereocenters. The lowest BCUT2D eigenvalue weighted by molar-refractivity contribution is -0.117. The largest absolute Gasteiger partial charge is 0.339 e. The molecule has 2 aliphatic rings. The van der Waals surface area contributed by atoms with Crippen LogP contribution in [0.2, 0.25) is 0 Å². The Morgan fingerprint density at radius 2 is 1.70 bits per heavy atom. The van der Waals surface area contributed by atoms with Gasteiger partial charge < -0.3 is 10.2 Å². The predicted octanol–water partition coefficient (Wildman–Crippen LogP) is 3.01. The Hall–Kier alpha value is -3.50. The van der Waals surface area contributed by atoms with Gasteiger partial charge in [-0.3, -0.25) is 14.1 Å². The lowest BCUT2D eigenvalue weighted by atomic mass is 10.1. The molecule has 2 aromatic heterocycles. The van der Waals surface area contributed by atoms with Crippen LogP contribution in [-0.2, 0) is 15.0 Å². The van der Waals surface area contributed by atoms with Crippen LogP contribution >= 0.6 is 0 Å². The number of hydrogen-bond donors (Lipinski definition) is 1. The van der Waals surface area contributed by atoms with Crippen LogP contribution < -0.4 is 14.5 Å². The maximum atomic E-state index is 12.4. The van der Waals surface area contributed by atoms with Gasteiger partial charge in [0.25, 0.3) is 0 Å². The molecule has 0 radical (unpaired) electrons. The molecular formula is C23H24N6O3S. The molecular weight excluding hydrogens is 440 g/mol. The van der Waals surface area contributed by atoms with Gasteiger partial charge in [0.05, 0.1) is 23.8 Å². The van der Waals surface area contributed by atoms with E-state index in [4.69, 9.17) is 0 Å². The summed E-state index contributed by atoms with van der Waals surface area (Å²) in [6.45, 7) is 1.61. The molecule has 170 valence electrons. The molecule has 1 aromatic carbocycles. The zero-order valence-electron chi connectivity index (χ0n) is 18.2. The topological polar surface area (TPSA) is 98.7 Å². The number of anilines is 4. The van der Waals surface area contributed by atoms with Gasteiger partial charge in [-0.25, -0.2) is 4.98 Å². The first kappa shape index (κ1) is 21.4. The van der Waals surface area contributed by atoms with E-state index in [-0.39, 0.29) is 5.91 Å². The standard InChI is InChI=1S/C23H24N6O3S/c1-27-11-12-29(33(27,31)32)21-13-19(15-24-16-21)26-22-9-6-18(14-25-22)17-4-7-20(8-5-17)28-10-2-3-23(28)30/h4-9,13-16H,2-3,10-12H2,1H3,(H,25,26). The van der Waals surface area contributed by atoms with Crippen molar-refractivity contribution >= 4 is 39.0 Å². The fourth-order valence-corrected chi connectivity index (χ4v) is 5.39. The van der Waals surface area contributed by atoms with Crippen LogP contribution in [0.5, 0.6) is 0 Å². The average molecular weight is 465 g/mol. The van der Waals surface area contributed by atoms with Crippen molar-refractivity contribution in [2.45, 2.75) is 12.8 Å². The smallest absolute Gasteiger partial charge is 0.303 e. The van der Waals surface area contributed by atoms with Gasteiger partial charge in [0.1, 0.15) is 5.82 Å². The highest BCUT2D eigenvalue weighted by Crippen LogP contribution is 2.28. The predicted molar refractivity (Wildman–Crippen MR) is 128 cm³/mol. The highest BCUT2D eigenvalue weighted by atomic mass is 32.2. The fourth-order valence-electron chi connectivity index (χ4n) is 4.07. The van der Waals surface area contributed by atoms with Crippen LogP contribution in [0.4, 0.5) is 22.9 Å². The number of hydrogen-bond acceptors (Lipinski definition) is 6. The van der Waals surface area contributed by atoms with Crippen molar-refractivity contribution < 1.29 is 13.2 Å². The Morgan fingerprint density at radius 3 is 2.33 bits per heavy atom. The molecule has 1 amide bonds. The lowest BCUT2D eigenvalue weighted by Gasteiger charge is -2.18. The minimum atomic E-state index is -3.49. The number of benzene rings is 1. The molecule has 0 atom stereocenters. The first-order chi connectivity index (χ1) is 15.9. The Kier molecular flexibility index (Phi) is 5.47. The van der Waals surface area contributed by atoms with Crippen molar-refractivity contribution in [3.8, 4) is 11.1 Å². The molecule has 2 fully saturated rings. The second-order valence-electron chi connectivity index (χ2n) is 8.09. The second-order valence-corrected chi connectivity index (χ2v) is 10.0. The van der Waals surface area contributed by atoms with Gasteiger partial charge in [0.15, 0.2) is 0 Å².